The highest BCUT2D eigenvalue weighted by Crippen LogP contribution is 2.10. The van der Waals surface area contributed by atoms with Gasteiger partial charge in [-0.1, -0.05) is 19.3 Å². The summed E-state index contributed by atoms with van der Waals surface area (Å²) in [5.41, 5.74) is 0. The van der Waals surface area contributed by atoms with E-state index in [0.29, 0.717) is 0 Å². The van der Waals surface area contributed by atoms with Crippen molar-refractivity contribution in [3.8, 4) is 0 Å². The van der Waals surface area contributed by atoms with E-state index in [9.17, 15) is 0 Å². The molecule has 0 saturated carbocycles. The van der Waals surface area contributed by atoms with Gasteiger partial charge in [0.25, 0.3) is 0 Å². The second kappa shape index (κ2) is 9.77. The lowest BCUT2D eigenvalue weighted by Crippen LogP contribution is -2.39. The van der Waals surface area contributed by atoms with Gasteiger partial charge in [0.05, 0.1) is 54.4 Å². The first-order valence-electron chi connectivity index (χ1n) is 8.47. The topological polar surface area (TPSA) is 0 Å². The first-order valence-corrected chi connectivity index (χ1v) is 8.47. The third-order valence-corrected chi connectivity index (χ3v) is 4.74. The summed E-state index contributed by atoms with van der Waals surface area (Å²) in [7, 11) is 9.36. The molecule has 0 spiro atoms. The number of rotatable bonds is 12. The Hall–Kier alpha value is -0.0800. The van der Waals surface area contributed by atoms with Crippen molar-refractivity contribution < 1.29 is 8.97 Å². The predicted octanol–water partition coefficient (Wildman–Crippen LogP) is 3.91. The molecule has 0 aliphatic carbocycles. The minimum Gasteiger partial charge on any atom is -0.329 e. The summed E-state index contributed by atoms with van der Waals surface area (Å²) in [5, 5.41) is 0. The van der Waals surface area contributed by atoms with Crippen LogP contribution in [0.1, 0.15) is 58.8 Å². The van der Waals surface area contributed by atoms with Crippen LogP contribution in [0.15, 0.2) is 0 Å². The van der Waals surface area contributed by atoms with Gasteiger partial charge in [0, 0.05) is 0 Å². The summed E-state index contributed by atoms with van der Waals surface area (Å²) in [4.78, 5) is 0. The zero-order valence-electron chi connectivity index (χ0n) is 14.7. The van der Waals surface area contributed by atoms with Crippen molar-refractivity contribution in [1.82, 2.24) is 0 Å². The Balaban J connectivity index is 3.29. The number of hydrogen-bond acceptors (Lipinski definition) is 0. The average Bonchev–Trinajstić information content (AvgIpc) is 2.36. The number of nitrogens with zero attached hydrogens (tertiary/aromatic N) is 2. The summed E-state index contributed by atoms with van der Waals surface area (Å²) in [6.07, 6.45) is 9.99. The first-order chi connectivity index (χ1) is 8.83. The van der Waals surface area contributed by atoms with Gasteiger partial charge in [0.2, 0.25) is 0 Å². The van der Waals surface area contributed by atoms with Crippen LogP contribution < -0.4 is 0 Å². The molecule has 0 rings (SSSR count). The second-order valence-corrected chi connectivity index (χ2v) is 7.43. The summed E-state index contributed by atoms with van der Waals surface area (Å²) in [6, 6.07) is 0. The zero-order valence-corrected chi connectivity index (χ0v) is 14.7. The molecule has 0 saturated heterocycles. The number of hydrogen-bond donors (Lipinski definition) is 0. The quantitative estimate of drug-likeness (QED) is 0.373. The van der Waals surface area contributed by atoms with Crippen LogP contribution in [0.5, 0.6) is 0 Å². The molecule has 2 nitrogen and oxygen atoms in total. The Labute approximate surface area is 123 Å². The minimum absolute atomic E-state index is 1.18. The lowest BCUT2D eigenvalue weighted by atomic mass is 10.1. The normalized spacial score (nSPS) is 12.9. The van der Waals surface area contributed by atoms with Crippen LogP contribution in [0.2, 0.25) is 0 Å². The Kier molecular flexibility index (Phi) is 9.72. The van der Waals surface area contributed by atoms with Crippen LogP contribution in [0, 0.1) is 0 Å². The maximum Gasteiger partial charge on any atom is 0.0782 e. The smallest absolute Gasteiger partial charge is 0.0782 e. The molecule has 0 aliphatic heterocycles. The molecule has 0 heterocycles. The molecule has 0 aromatic carbocycles. The van der Waals surface area contributed by atoms with Crippen LogP contribution in [0.4, 0.5) is 0 Å². The first kappa shape index (κ1) is 18.9. The fourth-order valence-electron chi connectivity index (χ4n) is 2.28. The van der Waals surface area contributed by atoms with Gasteiger partial charge in [-0.15, -0.1) is 0 Å². The summed E-state index contributed by atoms with van der Waals surface area (Å²) in [6.45, 7) is 9.78. The fraction of sp³-hybridized carbons (Fsp3) is 1.00. The molecular weight excluding hydrogens is 232 g/mol. The van der Waals surface area contributed by atoms with Crippen molar-refractivity contribution in [3.05, 3.63) is 0 Å². The largest absolute Gasteiger partial charge is 0.329 e. The predicted molar refractivity (Wildman–Crippen MR) is 87.4 cm³/mol. The molecule has 0 aromatic rings. The van der Waals surface area contributed by atoms with E-state index in [1.807, 2.05) is 0 Å². The lowest BCUT2D eigenvalue weighted by molar-refractivity contribution is -0.888. The molecule has 2 heteroatoms. The van der Waals surface area contributed by atoms with E-state index in [4.69, 9.17) is 0 Å². The molecular formula is C17H40N2+2. The van der Waals surface area contributed by atoms with E-state index in [2.05, 4.69) is 42.0 Å². The van der Waals surface area contributed by atoms with Gasteiger partial charge in [-0.05, 0) is 39.5 Å². The highest BCUT2D eigenvalue weighted by atomic mass is 15.3. The highest BCUT2D eigenvalue weighted by molar-refractivity contribution is 4.46. The SMILES string of the molecule is CC[N+](C)(C)CCCCCCCCC[N+](C)(C)CC. The standard InChI is InChI=1S/C17H40N2/c1-7-18(3,4)16-14-12-10-9-11-13-15-17-19(5,6)8-2/h7-17H2,1-6H3/q+2. The minimum atomic E-state index is 1.18. The van der Waals surface area contributed by atoms with Crippen LogP contribution in [0.25, 0.3) is 0 Å². The summed E-state index contributed by atoms with van der Waals surface area (Å²) < 4.78 is 2.37. The Morgan fingerprint density at radius 1 is 0.474 bits per heavy atom. The monoisotopic (exact) mass is 272 g/mol. The maximum atomic E-state index is 2.34. The third-order valence-electron chi connectivity index (χ3n) is 4.74. The van der Waals surface area contributed by atoms with E-state index in [-0.39, 0.29) is 0 Å². The maximum absolute atomic E-state index is 2.34. The molecule has 0 amide bonds. The van der Waals surface area contributed by atoms with Crippen molar-refractivity contribution in [2.75, 3.05) is 54.4 Å². The van der Waals surface area contributed by atoms with Gasteiger partial charge < -0.3 is 8.97 Å². The van der Waals surface area contributed by atoms with Crippen molar-refractivity contribution in [2.45, 2.75) is 58.8 Å². The van der Waals surface area contributed by atoms with Crippen LogP contribution >= 0.6 is 0 Å². The average molecular weight is 273 g/mol. The van der Waals surface area contributed by atoms with Crippen LogP contribution in [-0.4, -0.2) is 63.3 Å². The second-order valence-electron chi connectivity index (χ2n) is 7.43. The molecule has 0 fully saturated rings. The van der Waals surface area contributed by atoms with Crippen LogP contribution in [0.3, 0.4) is 0 Å². The number of quaternary nitrogens is 2. The molecule has 116 valence electrons. The van der Waals surface area contributed by atoms with E-state index in [1.54, 1.807) is 0 Å². The van der Waals surface area contributed by atoms with Crippen molar-refractivity contribution >= 4 is 0 Å². The van der Waals surface area contributed by atoms with Gasteiger partial charge in [-0.25, -0.2) is 0 Å². The molecule has 0 radical (unpaired) electrons. The van der Waals surface area contributed by atoms with Crippen LogP contribution in [-0.2, 0) is 0 Å². The van der Waals surface area contributed by atoms with Crippen molar-refractivity contribution in [1.29, 1.82) is 0 Å². The molecule has 0 N–H and O–H groups in total. The Bertz CT molecular complexity index is 187. The Morgan fingerprint density at radius 2 is 0.737 bits per heavy atom. The molecule has 19 heavy (non-hydrogen) atoms. The Morgan fingerprint density at radius 3 is 1.00 bits per heavy atom. The van der Waals surface area contributed by atoms with Gasteiger partial charge in [0.1, 0.15) is 0 Å². The molecule has 0 unspecified atom stereocenters. The van der Waals surface area contributed by atoms with E-state index in [1.165, 1.54) is 80.1 Å². The van der Waals surface area contributed by atoms with Gasteiger partial charge >= 0.3 is 0 Å². The summed E-state index contributed by atoms with van der Waals surface area (Å²) in [5.74, 6) is 0. The van der Waals surface area contributed by atoms with Gasteiger partial charge in [0.15, 0.2) is 0 Å². The van der Waals surface area contributed by atoms with Gasteiger partial charge in [-0.3, -0.25) is 0 Å². The molecule has 0 bridgehead atoms. The lowest BCUT2D eigenvalue weighted by Gasteiger charge is -2.28. The van der Waals surface area contributed by atoms with Gasteiger partial charge in [-0.2, -0.15) is 0 Å². The van der Waals surface area contributed by atoms with Crippen molar-refractivity contribution in [2.24, 2.45) is 0 Å². The van der Waals surface area contributed by atoms with Crippen molar-refractivity contribution in [3.63, 3.8) is 0 Å². The zero-order chi connectivity index (χ0) is 14.8. The fourth-order valence-corrected chi connectivity index (χ4v) is 2.28. The third kappa shape index (κ3) is 11.4. The molecule has 0 aliphatic rings. The van der Waals surface area contributed by atoms with E-state index >= 15 is 0 Å². The number of unbranched alkanes of at least 4 members (excludes halogenated alkanes) is 6. The van der Waals surface area contributed by atoms with E-state index < -0.39 is 0 Å². The molecule has 0 aromatic heterocycles. The molecule has 0 atom stereocenters. The highest BCUT2D eigenvalue weighted by Gasteiger charge is 2.11. The summed E-state index contributed by atoms with van der Waals surface area (Å²) >= 11 is 0. The van der Waals surface area contributed by atoms with E-state index in [0.717, 1.165) is 0 Å².